The zero-order chi connectivity index (χ0) is 22.6. The topological polar surface area (TPSA) is 71.0 Å². The molecule has 1 aromatic carbocycles. The lowest BCUT2D eigenvalue weighted by Gasteiger charge is -2.30. The lowest BCUT2D eigenvalue weighted by Crippen LogP contribution is -2.45. The molecule has 0 aliphatic heterocycles. The molecule has 0 amide bonds. The highest BCUT2D eigenvalue weighted by Crippen LogP contribution is 2.30. The maximum atomic E-state index is 5.88. The molecule has 0 spiro atoms. The predicted molar refractivity (Wildman–Crippen MR) is 127 cm³/mol. The summed E-state index contributed by atoms with van der Waals surface area (Å²) in [7, 11) is 1.78. The van der Waals surface area contributed by atoms with Crippen LogP contribution in [0.5, 0.6) is 17.4 Å². The maximum Gasteiger partial charge on any atom is 0.219 e. The van der Waals surface area contributed by atoms with Crippen molar-refractivity contribution in [2.24, 2.45) is 4.99 Å². The molecule has 7 heteroatoms. The number of aromatic nitrogens is 1. The zero-order valence-corrected chi connectivity index (χ0v) is 19.7. The largest absolute Gasteiger partial charge is 0.490 e. The number of nitrogens with one attached hydrogen (secondary N) is 2. The average molecular weight is 428 g/mol. The van der Waals surface area contributed by atoms with E-state index in [0.717, 1.165) is 24.6 Å². The van der Waals surface area contributed by atoms with Crippen molar-refractivity contribution < 1.29 is 9.47 Å². The summed E-state index contributed by atoms with van der Waals surface area (Å²) in [4.78, 5) is 11.2. The van der Waals surface area contributed by atoms with E-state index in [0.29, 0.717) is 42.6 Å². The van der Waals surface area contributed by atoms with E-state index < -0.39 is 0 Å². The molecule has 0 bridgehead atoms. The van der Waals surface area contributed by atoms with Gasteiger partial charge in [0.1, 0.15) is 0 Å². The van der Waals surface area contributed by atoms with Gasteiger partial charge in [0.2, 0.25) is 5.88 Å². The van der Waals surface area contributed by atoms with Crippen molar-refractivity contribution in [3.05, 3.63) is 48.2 Å². The van der Waals surface area contributed by atoms with Crippen LogP contribution in [-0.2, 0) is 6.54 Å². The molecular formula is C24H37N5O2. The van der Waals surface area contributed by atoms with E-state index in [-0.39, 0.29) is 0 Å². The Balaban J connectivity index is 1.84. The van der Waals surface area contributed by atoms with Gasteiger partial charge in [-0.1, -0.05) is 18.2 Å². The first-order valence-corrected chi connectivity index (χ1v) is 11.0. The zero-order valence-electron chi connectivity index (χ0n) is 19.7. The minimum Gasteiger partial charge on any atom is -0.490 e. The molecule has 0 aliphatic carbocycles. The molecule has 2 aromatic rings. The van der Waals surface area contributed by atoms with E-state index in [2.05, 4.69) is 53.2 Å². The minimum absolute atomic E-state index is 0.518. The van der Waals surface area contributed by atoms with E-state index in [9.17, 15) is 0 Å². The van der Waals surface area contributed by atoms with E-state index >= 15 is 0 Å². The van der Waals surface area contributed by atoms with Crippen molar-refractivity contribution in [1.82, 2.24) is 20.5 Å². The van der Waals surface area contributed by atoms with Crippen LogP contribution in [0.2, 0.25) is 0 Å². The number of hydrogen-bond donors (Lipinski definition) is 2. The highest BCUT2D eigenvalue weighted by molar-refractivity contribution is 5.79. The monoisotopic (exact) mass is 427 g/mol. The Labute approximate surface area is 186 Å². The van der Waals surface area contributed by atoms with Gasteiger partial charge in [0, 0.05) is 51.0 Å². The van der Waals surface area contributed by atoms with Gasteiger partial charge in [0.05, 0.1) is 6.61 Å². The molecule has 2 N–H and O–H groups in total. The number of rotatable bonds is 11. The molecule has 1 heterocycles. The molecule has 2 rings (SSSR count). The van der Waals surface area contributed by atoms with Crippen LogP contribution in [0.4, 0.5) is 0 Å². The highest BCUT2D eigenvalue weighted by Gasteiger charge is 2.12. The summed E-state index contributed by atoms with van der Waals surface area (Å²) in [6.07, 6.45) is 1.80. The molecule has 0 unspecified atom stereocenters. The van der Waals surface area contributed by atoms with Crippen LogP contribution in [0.15, 0.2) is 47.6 Å². The van der Waals surface area contributed by atoms with Crippen LogP contribution < -0.4 is 20.1 Å². The number of aliphatic imine (C=N–C) groups is 1. The SMILES string of the molecule is CCOc1ccccc1Oc1ccc(CNC(=NC)NCCN(C(C)C)C(C)C)cn1. The normalized spacial score (nSPS) is 11.8. The van der Waals surface area contributed by atoms with Gasteiger partial charge in [0.25, 0.3) is 0 Å². The highest BCUT2D eigenvalue weighted by atomic mass is 16.5. The van der Waals surface area contributed by atoms with Crippen molar-refractivity contribution in [2.75, 3.05) is 26.7 Å². The first-order chi connectivity index (χ1) is 14.9. The summed E-state index contributed by atoms with van der Waals surface area (Å²) in [6, 6.07) is 12.5. The molecule has 7 nitrogen and oxygen atoms in total. The fraction of sp³-hybridized carbons (Fsp3) is 0.500. The van der Waals surface area contributed by atoms with Crippen LogP contribution in [0, 0.1) is 0 Å². The summed E-state index contributed by atoms with van der Waals surface area (Å²) >= 11 is 0. The maximum absolute atomic E-state index is 5.88. The molecule has 0 atom stereocenters. The Bertz CT molecular complexity index is 798. The molecular weight excluding hydrogens is 390 g/mol. The lowest BCUT2D eigenvalue weighted by molar-refractivity contribution is 0.178. The molecule has 0 radical (unpaired) electrons. The molecule has 0 saturated heterocycles. The van der Waals surface area contributed by atoms with Crippen molar-refractivity contribution in [2.45, 2.75) is 53.2 Å². The van der Waals surface area contributed by atoms with Gasteiger partial charge in [-0.15, -0.1) is 0 Å². The number of para-hydroxylation sites is 2. The predicted octanol–water partition coefficient (Wildman–Crippen LogP) is 4.06. The Kier molecular flexibility index (Phi) is 10.1. The van der Waals surface area contributed by atoms with Gasteiger partial charge >= 0.3 is 0 Å². The quantitative estimate of drug-likeness (QED) is 0.416. The van der Waals surface area contributed by atoms with Crippen LogP contribution in [0.3, 0.4) is 0 Å². The van der Waals surface area contributed by atoms with Gasteiger partial charge in [-0.05, 0) is 52.3 Å². The number of pyridine rings is 1. The summed E-state index contributed by atoms with van der Waals surface area (Å²) in [5.74, 6) is 2.67. The molecule has 0 saturated carbocycles. The summed E-state index contributed by atoms with van der Waals surface area (Å²) < 4.78 is 11.5. The number of nitrogens with zero attached hydrogens (tertiary/aromatic N) is 3. The van der Waals surface area contributed by atoms with Crippen molar-refractivity contribution >= 4 is 5.96 Å². The Morgan fingerprint density at radius 1 is 1.03 bits per heavy atom. The first-order valence-electron chi connectivity index (χ1n) is 11.0. The van der Waals surface area contributed by atoms with E-state index in [4.69, 9.17) is 9.47 Å². The van der Waals surface area contributed by atoms with Crippen LogP contribution in [0.1, 0.15) is 40.2 Å². The van der Waals surface area contributed by atoms with Crippen LogP contribution >= 0.6 is 0 Å². The smallest absolute Gasteiger partial charge is 0.219 e. The van der Waals surface area contributed by atoms with Gasteiger partial charge in [-0.3, -0.25) is 9.89 Å². The van der Waals surface area contributed by atoms with Gasteiger partial charge < -0.3 is 20.1 Å². The summed E-state index contributed by atoms with van der Waals surface area (Å²) in [5, 5.41) is 6.71. The molecule has 31 heavy (non-hydrogen) atoms. The average Bonchev–Trinajstić information content (AvgIpc) is 2.75. The standard InChI is InChI=1S/C24H37N5O2/c1-7-30-21-10-8-9-11-22(21)31-23-13-12-20(16-27-23)17-28-24(25-6)26-14-15-29(18(2)3)19(4)5/h8-13,16,18-19H,7,14-15,17H2,1-6H3,(H2,25,26,28). The third kappa shape index (κ3) is 8.09. The van der Waals surface area contributed by atoms with Crippen molar-refractivity contribution in [1.29, 1.82) is 0 Å². The van der Waals surface area contributed by atoms with Crippen molar-refractivity contribution in [3.8, 4) is 17.4 Å². The van der Waals surface area contributed by atoms with E-state index in [1.807, 2.05) is 43.3 Å². The van der Waals surface area contributed by atoms with Crippen molar-refractivity contribution in [3.63, 3.8) is 0 Å². The number of benzene rings is 1. The minimum atomic E-state index is 0.518. The summed E-state index contributed by atoms with van der Waals surface area (Å²) in [5.41, 5.74) is 1.04. The third-order valence-corrected chi connectivity index (χ3v) is 4.83. The Morgan fingerprint density at radius 2 is 1.74 bits per heavy atom. The second-order valence-corrected chi connectivity index (χ2v) is 7.76. The number of hydrogen-bond acceptors (Lipinski definition) is 5. The number of ether oxygens (including phenoxy) is 2. The third-order valence-electron chi connectivity index (χ3n) is 4.83. The number of guanidine groups is 1. The van der Waals surface area contributed by atoms with Crippen LogP contribution in [0.25, 0.3) is 0 Å². The Hall–Kier alpha value is -2.80. The van der Waals surface area contributed by atoms with Gasteiger partial charge in [-0.25, -0.2) is 4.98 Å². The first kappa shape index (κ1) is 24.5. The molecule has 1 aromatic heterocycles. The fourth-order valence-corrected chi connectivity index (χ4v) is 3.32. The van der Waals surface area contributed by atoms with Gasteiger partial charge in [-0.2, -0.15) is 0 Å². The van der Waals surface area contributed by atoms with Gasteiger partial charge in [0.15, 0.2) is 17.5 Å². The molecule has 0 aliphatic rings. The Morgan fingerprint density at radius 3 is 2.32 bits per heavy atom. The molecule has 0 fully saturated rings. The summed E-state index contributed by atoms with van der Waals surface area (Å²) in [6.45, 7) is 13.9. The second-order valence-electron chi connectivity index (χ2n) is 7.76. The van der Waals surface area contributed by atoms with Crippen LogP contribution in [-0.4, -0.2) is 54.7 Å². The van der Waals surface area contributed by atoms with E-state index in [1.165, 1.54) is 0 Å². The fourth-order valence-electron chi connectivity index (χ4n) is 3.32. The molecule has 170 valence electrons. The van der Waals surface area contributed by atoms with E-state index in [1.54, 1.807) is 13.2 Å². The second kappa shape index (κ2) is 12.8. The lowest BCUT2D eigenvalue weighted by atomic mass is 10.2.